The first kappa shape index (κ1) is 6.13. The van der Waals surface area contributed by atoms with Gasteiger partial charge in [0.1, 0.15) is 6.67 Å². The summed E-state index contributed by atoms with van der Waals surface area (Å²) in [6.45, 7) is 1.22. The Bertz CT molecular complexity index is 200. The van der Waals surface area contributed by atoms with Crippen LogP contribution >= 0.6 is 0 Å². The van der Waals surface area contributed by atoms with Gasteiger partial charge < -0.3 is 0 Å². The van der Waals surface area contributed by atoms with Gasteiger partial charge in [0.25, 0.3) is 0 Å². The topological polar surface area (TPSA) is 25.8 Å². The summed E-state index contributed by atoms with van der Waals surface area (Å²) >= 11 is 0. The quantitative estimate of drug-likeness (QED) is 0.566. The zero-order valence-electron chi connectivity index (χ0n) is 5.13. The third-order valence-electron chi connectivity index (χ3n) is 0.964. The Labute approximate surface area is 52.8 Å². The molecular formula is C6H7FN2. The Kier molecular flexibility index (Phi) is 1.72. The standard InChI is InChI=1S/C6H7FN2/c1-5-2-3-8-6(4-7)9-5/h2-3H,4H2,1H3. The first-order chi connectivity index (χ1) is 4.33. The van der Waals surface area contributed by atoms with E-state index in [1.165, 1.54) is 0 Å². The van der Waals surface area contributed by atoms with Crippen LogP contribution in [0.25, 0.3) is 0 Å². The number of hydrogen-bond acceptors (Lipinski definition) is 2. The molecule has 0 atom stereocenters. The van der Waals surface area contributed by atoms with E-state index in [1.807, 2.05) is 0 Å². The Morgan fingerprint density at radius 3 is 2.89 bits per heavy atom. The first-order valence-corrected chi connectivity index (χ1v) is 2.67. The van der Waals surface area contributed by atoms with Crippen molar-refractivity contribution in [3.63, 3.8) is 0 Å². The molecule has 1 aromatic heterocycles. The third-order valence-corrected chi connectivity index (χ3v) is 0.964. The maximum absolute atomic E-state index is 11.8. The largest absolute Gasteiger partial charge is 0.242 e. The summed E-state index contributed by atoms with van der Waals surface area (Å²) in [6, 6.07) is 1.74. The number of halogens is 1. The summed E-state index contributed by atoms with van der Waals surface area (Å²) in [5.41, 5.74) is 0.803. The molecule has 48 valence electrons. The summed E-state index contributed by atoms with van der Waals surface area (Å²) in [7, 11) is 0. The normalized spacial score (nSPS) is 9.56. The van der Waals surface area contributed by atoms with E-state index in [2.05, 4.69) is 9.97 Å². The highest BCUT2D eigenvalue weighted by atomic mass is 19.1. The minimum absolute atomic E-state index is 0.259. The summed E-state index contributed by atoms with van der Waals surface area (Å²) in [6.07, 6.45) is 1.55. The zero-order valence-corrected chi connectivity index (χ0v) is 5.13. The molecule has 0 bridgehead atoms. The van der Waals surface area contributed by atoms with Crippen LogP contribution in [0.15, 0.2) is 12.3 Å². The molecule has 0 aliphatic heterocycles. The maximum atomic E-state index is 11.8. The summed E-state index contributed by atoms with van der Waals surface area (Å²) in [5, 5.41) is 0. The molecule has 0 saturated carbocycles. The Balaban J connectivity index is 2.94. The van der Waals surface area contributed by atoms with Crippen molar-refractivity contribution in [2.24, 2.45) is 0 Å². The number of aryl methyl sites for hydroxylation is 1. The lowest BCUT2D eigenvalue weighted by atomic mass is 10.4. The van der Waals surface area contributed by atoms with Gasteiger partial charge >= 0.3 is 0 Å². The van der Waals surface area contributed by atoms with Gasteiger partial charge in [-0.25, -0.2) is 14.4 Å². The molecule has 1 heterocycles. The molecule has 0 aromatic carbocycles. The van der Waals surface area contributed by atoms with Crippen LogP contribution in [0.2, 0.25) is 0 Å². The van der Waals surface area contributed by atoms with E-state index in [9.17, 15) is 4.39 Å². The highest BCUT2D eigenvalue weighted by Gasteiger charge is 1.91. The van der Waals surface area contributed by atoms with Crippen molar-refractivity contribution in [1.29, 1.82) is 0 Å². The van der Waals surface area contributed by atoms with Crippen LogP contribution in [-0.2, 0) is 6.67 Å². The van der Waals surface area contributed by atoms with Gasteiger partial charge in [-0.05, 0) is 13.0 Å². The van der Waals surface area contributed by atoms with Crippen molar-refractivity contribution in [1.82, 2.24) is 9.97 Å². The second kappa shape index (κ2) is 2.53. The molecule has 0 aliphatic carbocycles. The van der Waals surface area contributed by atoms with Gasteiger partial charge in [0.2, 0.25) is 0 Å². The van der Waals surface area contributed by atoms with Gasteiger partial charge in [-0.15, -0.1) is 0 Å². The second-order valence-corrected chi connectivity index (χ2v) is 1.75. The summed E-state index contributed by atoms with van der Waals surface area (Å²) < 4.78 is 11.8. The number of alkyl halides is 1. The fourth-order valence-corrected chi connectivity index (χ4v) is 0.565. The number of aromatic nitrogens is 2. The van der Waals surface area contributed by atoms with Gasteiger partial charge in [-0.2, -0.15) is 0 Å². The van der Waals surface area contributed by atoms with Gasteiger partial charge in [0.05, 0.1) is 0 Å². The van der Waals surface area contributed by atoms with E-state index in [4.69, 9.17) is 0 Å². The molecule has 0 radical (unpaired) electrons. The predicted molar refractivity (Wildman–Crippen MR) is 31.6 cm³/mol. The van der Waals surface area contributed by atoms with Gasteiger partial charge in [-0.1, -0.05) is 0 Å². The van der Waals surface area contributed by atoms with E-state index in [1.54, 1.807) is 19.2 Å². The highest BCUT2D eigenvalue weighted by Crippen LogP contribution is 1.93. The highest BCUT2D eigenvalue weighted by molar-refractivity contribution is 4.98. The molecule has 0 N–H and O–H groups in total. The lowest BCUT2D eigenvalue weighted by Crippen LogP contribution is -1.91. The monoisotopic (exact) mass is 126 g/mol. The molecule has 0 aliphatic rings. The molecule has 0 spiro atoms. The third kappa shape index (κ3) is 1.45. The number of nitrogens with zero attached hydrogens (tertiary/aromatic N) is 2. The molecular weight excluding hydrogens is 119 g/mol. The molecule has 2 nitrogen and oxygen atoms in total. The van der Waals surface area contributed by atoms with E-state index in [-0.39, 0.29) is 5.82 Å². The second-order valence-electron chi connectivity index (χ2n) is 1.75. The molecule has 0 unspecified atom stereocenters. The van der Waals surface area contributed by atoms with Crippen molar-refractivity contribution >= 4 is 0 Å². The lowest BCUT2D eigenvalue weighted by Gasteiger charge is -1.91. The van der Waals surface area contributed by atoms with E-state index >= 15 is 0 Å². The van der Waals surface area contributed by atoms with Crippen molar-refractivity contribution < 1.29 is 4.39 Å². The van der Waals surface area contributed by atoms with Gasteiger partial charge in [0.15, 0.2) is 5.82 Å². The molecule has 0 fully saturated rings. The van der Waals surface area contributed by atoms with E-state index in [0.717, 1.165) is 5.69 Å². The fraction of sp³-hybridized carbons (Fsp3) is 0.333. The van der Waals surface area contributed by atoms with Crippen LogP contribution in [0, 0.1) is 6.92 Å². The van der Waals surface area contributed by atoms with Crippen molar-refractivity contribution in [2.75, 3.05) is 0 Å². The minimum atomic E-state index is -0.582. The smallest absolute Gasteiger partial charge is 0.159 e. The van der Waals surface area contributed by atoms with Crippen LogP contribution in [0.3, 0.4) is 0 Å². The first-order valence-electron chi connectivity index (χ1n) is 2.67. The van der Waals surface area contributed by atoms with Crippen LogP contribution in [-0.4, -0.2) is 9.97 Å². The predicted octanol–water partition coefficient (Wildman–Crippen LogP) is 1.25. The van der Waals surface area contributed by atoms with Gasteiger partial charge in [0, 0.05) is 11.9 Å². The van der Waals surface area contributed by atoms with E-state index in [0.29, 0.717) is 0 Å². The molecule has 0 amide bonds. The lowest BCUT2D eigenvalue weighted by molar-refractivity contribution is 0.464. The molecule has 1 rings (SSSR count). The molecule has 3 heteroatoms. The van der Waals surface area contributed by atoms with E-state index < -0.39 is 6.67 Å². The summed E-state index contributed by atoms with van der Waals surface area (Å²) in [4.78, 5) is 7.48. The van der Waals surface area contributed by atoms with Gasteiger partial charge in [-0.3, -0.25) is 0 Å². The van der Waals surface area contributed by atoms with Crippen LogP contribution in [0.5, 0.6) is 0 Å². The van der Waals surface area contributed by atoms with Crippen molar-refractivity contribution in [3.8, 4) is 0 Å². The van der Waals surface area contributed by atoms with Crippen LogP contribution < -0.4 is 0 Å². The molecule has 9 heavy (non-hydrogen) atoms. The Morgan fingerprint density at radius 2 is 2.44 bits per heavy atom. The van der Waals surface area contributed by atoms with Crippen LogP contribution in [0.1, 0.15) is 11.5 Å². The number of hydrogen-bond donors (Lipinski definition) is 0. The van der Waals surface area contributed by atoms with Crippen molar-refractivity contribution in [3.05, 3.63) is 23.8 Å². The maximum Gasteiger partial charge on any atom is 0.159 e. The zero-order chi connectivity index (χ0) is 6.69. The average molecular weight is 126 g/mol. The fourth-order valence-electron chi connectivity index (χ4n) is 0.565. The molecule has 0 saturated heterocycles. The molecule has 1 aromatic rings. The number of rotatable bonds is 1. The summed E-state index contributed by atoms with van der Waals surface area (Å²) in [5.74, 6) is 0.259. The Morgan fingerprint density at radius 1 is 1.67 bits per heavy atom. The SMILES string of the molecule is Cc1ccnc(CF)n1. The average Bonchev–Trinajstić information content (AvgIpc) is 1.88. The van der Waals surface area contributed by atoms with Crippen LogP contribution in [0.4, 0.5) is 4.39 Å². The Hall–Kier alpha value is -0.990. The minimum Gasteiger partial charge on any atom is -0.242 e. The van der Waals surface area contributed by atoms with Crippen molar-refractivity contribution in [2.45, 2.75) is 13.6 Å².